The van der Waals surface area contributed by atoms with Gasteiger partial charge in [0.05, 0.1) is 6.61 Å². The molecule has 0 spiro atoms. The average Bonchev–Trinajstić information content (AvgIpc) is 2.52. The van der Waals surface area contributed by atoms with Gasteiger partial charge in [0.1, 0.15) is 0 Å². The van der Waals surface area contributed by atoms with Crippen LogP contribution in [0.5, 0.6) is 11.5 Å². The van der Waals surface area contributed by atoms with Crippen LogP contribution in [-0.4, -0.2) is 19.0 Å². The van der Waals surface area contributed by atoms with Crippen LogP contribution in [0.4, 0.5) is 0 Å². The summed E-state index contributed by atoms with van der Waals surface area (Å²) in [7, 11) is 0. The number of hydrogen-bond donors (Lipinski definition) is 0. The van der Waals surface area contributed by atoms with Crippen molar-refractivity contribution in [1.82, 2.24) is 0 Å². The summed E-state index contributed by atoms with van der Waals surface area (Å²) >= 11 is 2.21. The van der Waals surface area contributed by atoms with E-state index in [9.17, 15) is 4.79 Å². The molecule has 0 amide bonds. The third-order valence-corrected chi connectivity index (χ3v) is 3.55. The van der Waals surface area contributed by atoms with Crippen LogP contribution in [0, 0.1) is 3.57 Å². The lowest BCUT2D eigenvalue weighted by Gasteiger charge is -2.11. The van der Waals surface area contributed by atoms with Crippen molar-refractivity contribution in [2.45, 2.75) is 13.3 Å². The summed E-state index contributed by atoms with van der Waals surface area (Å²) in [5.74, 6) is 1.23. The van der Waals surface area contributed by atoms with E-state index in [0.29, 0.717) is 23.7 Å². The molecule has 0 aliphatic heterocycles. The first-order valence-electron chi connectivity index (χ1n) is 6.84. The minimum Gasteiger partial charge on any atom is -0.490 e. The van der Waals surface area contributed by atoms with Gasteiger partial charge in [-0.15, -0.1) is 0 Å². The second kappa shape index (κ2) is 8.02. The van der Waals surface area contributed by atoms with E-state index >= 15 is 0 Å². The lowest BCUT2D eigenvalue weighted by Crippen LogP contribution is -2.12. The van der Waals surface area contributed by atoms with Gasteiger partial charge in [0.2, 0.25) is 0 Å². The van der Waals surface area contributed by atoms with Crippen molar-refractivity contribution in [3.05, 3.63) is 57.7 Å². The van der Waals surface area contributed by atoms with Crippen LogP contribution in [0.1, 0.15) is 23.7 Å². The highest BCUT2D eigenvalue weighted by Gasteiger charge is 2.09. The highest BCUT2D eigenvalue weighted by atomic mass is 127. The molecule has 0 heterocycles. The fraction of sp³-hybridized carbons (Fsp3) is 0.235. The molecule has 0 saturated heterocycles. The van der Waals surface area contributed by atoms with E-state index < -0.39 is 0 Å². The molecule has 2 rings (SSSR count). The van der Waals surface area contributed by atoms with E-state index in [1.807, 2.05) is 55.5 Å². The zero-order chi connectivity index (χ0) is 15.1. The van der Waals surface area contributed by atoms with Crippen molar-refractivity contribution in [3.8, 4) is 11.5 Å². The fourth-order valence-corrected chi connectivity index (χ4v) is 2.12. The molecule has 0 bridgehead atoms. The Morgan fingerprint density at radius 1 is 1.00 bits per heavy atom. The van der Waals surface area contributed by atoms with Gasteiger partial charge >= 0.3 is 0 Å². The lowest BCUT2D eigenvalue weighted by molar-refractivity contribution is 0.0918. The molecule has 110 valence electrons. The summed E-state index contributed by atoms with van der Waals surface area (Å²) in [5.41, 5.74) is 0.655. The van der Waals surface area contributed by atoms with Crippen LogP contribution in [0.3, 0.4) is 0 Å². The smallest absolute Gasteiger partial charge is 0.200 e. The van der Waals surface area contributed by atoms with Gasteiger partial charge in [-0.1, -0.05) is 31.2 Å². The largest absolute Gasteiger partial charge is 0.490 e. The molecular weight excluding hydrogens is 379 g/mol. The van der Waals surface area contributed by atoms with Gasteiger partial charge < -0.3 is 9.47 Å². The number of para-hydroxylation sites is 2. The molecule has 0 N–H and O–H groups in total. The molecule has 0 unspecified atom stereocenters. The number of Topliss-reactive ketones (excluding diaryl/α,β-unsaturated/α-hetero) is 1. The zero-order valence-corrected chi connectivity index (χ0v) is 14.0. The highest BCUT2D eigenvalue weighted by Crippen LogP contribution is 2.26. The van der Waals surface area contributed by atoms with Crippen LogP contribution < -0.4 is 9.47 Å². The van der Waals surface area contributed by atoms with E-state index in [2.05, 4.69) is 22.6 Å². The van der Waals surface area contributed by atoms with Gasteiger partial charge in [-0.3, -0.25) is 4.79 Å². The van der Waals surface area contributed by atoms with Crippen LogP contribution in [0.15, 0.2) is 48.5 Å². The van der Waals surface area contributed by atoms with Gasteiger partial charge in [-0.25, -0.2) is 0 Å². The standard InChI is InChI=1S/C17H17IO3/c1-2-11-20-16-5-3-4-6-17(16)21-12-15(19)13-7-9-14(18)10-8-13/h3-10H,2,11-12H2,1H3. The maximum atomic E-state index is 12.1. The molecule has 4 heteroatoms. The molecule has 3 nitrogen and oxygen atoms in total. The number of benzene rings is 2. The topological polar surface area (TPSA) is 35.5 Å². The highest BCUT2D eigenvalue weighted by molar-refractivity contribution is 14.1. The van der Waals surface area contributed by atoms with E-state index in [-0.39, 0.29) is 12.4 Å². The molecular formula is C17H17IO3. The number of carbonyl (C=O) groups is 1. The van der Waals surface area contributed by atoms with E-state index in [4.69, 9.17) is 9.47 Å². The maximum Gasteiger partial charge on any atom is 0.200 e. The fourth-order valence-electron chi connectivity index (χ4n) is 1.76. The molecule has 2 aromatic rings. The normalized spacial score (nSPS) is 10.2. The van der Waals surface area contributed by atoms with Crippen molar-refractivity contribution in [2.24, 2.45) is 0 Å². The van der Waals surface area contributed by atoms with Crippen LogP contribution >= 0.6 is 22.6 Å². The van der Waals surface area contributed by atoms with Crippen molar-refractivity contribution in [3.63, 3.8) is 0 Å². The molecule has 0 aliphatic rings. The Morgan fingerprint density at radius 3 is 2.24 bits per heavy atom. The number of halogens is 1. The first-order chi connectivity index (χ1) is 10.2. The monoisotopic (exact) mass is 396 g/mol. The first-order valence-corrected chi connectivity index (χ1v) is 7.92. The lowest BCUT2D eigenvalue weighted by atomic mass is 10.1. The van der Waals surface area contributed by atoms with Crippen molar-refractivity contribution in [2.75, 3.05) is 13.2 Å². The Hall–Kier alpha value is -1.56. The van der Waals surface area contributed by atoms with Gasteiger partial charge in [0.15, 0.2) is 23.9 Å². The third kappa shape index (κ3) is 4.74. The predicted octanol–water partition coefficient (Wildman–Crippen LogP) is 4.34. The summed E-state index contributed by atoms with van der Waals surface area (Å²) in [5, 5.41) is 0. The Bertz CT molecular complexity index is 593. The molecule has 0 radical (unpaired) electrons. The minimum atomic E-state index is -0.0447. The van der Waals surface area contributed by atoms with Crippen LogP contribution in [0.25, 0.3) is 0 Å². The Kier molecular flexibility index (Phi) is 6.04. The second-order valence-electron chi connectivity index (χ2n) is 4.51. The molecule has 0 fully saturated rings. The van der Waals surface area contributed by atoms with E-state index in [0.717, 1.165) is 9.99 Å². The van der Waals surface area contributed by atoms with Crippen molar-refractivity contribution >= 4 is 28.4 Å². The van der Waals surface area contributed by atoms with Gasteiger partial charge in [-0.2, -0.15) is 0 Å². The van der Waals surface area contributed by atoms with Crippen molar-refractivity contribution < 1.29 is 14.3 Å². The molecule has 0 aromatic heterocycles. The minimum absolute atomic E-state index is 0.00703. The molecule has 0 saturated carbocycles. The Labute approximate surface area is 138 Å². The summed E-state index contributed by atoms with van der Waals surface area (Å²) in [6, 6.07) is 14.9. The van der Waals surface area contributed by atoms with Gasteiger partial charge in [-0.05, 0) is 53.3 Å². The second-order valence-corrected chi connectivity index (χ2v) is 5.76. The maximum absolute atomic E-state index is 12.1. The summed E-state index contributed by atoms with van der Waals surface area (Å²) in [4.78, 5) is 12.1. The first kappa shape index (κ1) is 15.8. The zero-order valence-electron chi connectivity index (χ0n) is 11.8. The Balaban J connectivity index is 1.99. The van der Waals surface area contributed by atoms with Crippen LogP contribution in [-0.2, 0) is 0 Å². The quantitative estimate of drug-likeness (QED) is 0.516. The molecule has 21 heavy (non-hydrogen) atoms. The molecule has 0 atom stereocenters. The number of carbonyl (C=O) groups excluding carboxylic acids is 1. The summed E-state index contributed by atoms with van der Waals surface area (Å²) in [6.07, 6.45) is 0.927. The average molecular weight is 396 g/mol. The van der Waals surface area contributed by atoms with Crippen molar-refractivity contribution in [1.29, 1.82) is 0 Å². The number of rotatable bonds is 7. The number of ether oxygens (including phenoxy) is 2. The molecule has 2 aromatic carbocycles. The van der Waals surface area contributed by atoms with Crippen LogP contribution in [0.2, 0.25) is 0 Å². The SMILES string of the molecule is CCCOc1ccccc1OCC(=O)c1ccc(I)cc1. The predicted molar refractivity (Wildman–Crippen MR) is 91.2 cm³/mol. The van der Waals surface area contributed by atoms with E-state index in [1.54, 1.807) is 0 Å². The number of ketones is 1. The van der Waals surface area contributed by atoms with Gasteiger partial charge in [0.25, 0.3) is 0 Å². The summed E-state index contributed by atoms with van der Waals surface area (Å²) < 4.78 is 12.3. The van der Waals surface area contributed by atoms with Gasteiger partial charge in [0, 0.05) is 9.13 Å². The summed E-state index contributed by atoms with van der Waals surface area (Å²) in [6.45, 7) is 2.68. The number of hydrogen-bond acceptors (Lipinski definition) is 3. The molecule has 0 aliphatic carbocycles. The Morgan fingerprint density at radius 2 is 1.62 bits per heavy atom. The third-order valence-electron chi connectivity index (χ3n) is 2.84. The van der Waals surface area contributed by atoms with E-state index in [1.165, 1.54) is 0 Å².